The zero-order valence-corrected chi connectivity index (χ0v) is 16.2. The van der Waals surface area contributed by atoms with Gasteiger partial charge < -0.3 is 10.6 Å². The van der Waals surface area contributed by atoms with Crippen LogP contribution in [0.3, 0.4) is 0 Å². The molecule has 30 heavy (non-hydrogen) atoms. The Bertz CT molecular complexity index is 1130. The van der Waals surface area contributed by atoms with Gasteiger partial charge >= 0.3 is 5.51 Å². The molecule has 0 saturated carbocycles. The molecule has 0 aliphatic heterocycles. The average molecular weight is 435 g/mol. The Morgan fingerprint density at radius 1 is 0.933 bits per heavy atom. The van der Waals surface area contributed by atoms with Gasteiger partial charge in [0.1, 0.15) is 0 Å². The third-order valence-corrected chi connectivity index (χ3v) is 5.66. The van der Waals surface area contributed by atoms with Gasteiger partial charge in [0.2, 0.25) is 0 Å². The zero-order chi connectivity index (χ0) is 21.8. The molecule has 3 rings (SSSR count). The zero-order valence-electron chi connectivity index (χ0n) is 15.3. The number of hydrogen-bond donors (Lipinski definition) is 2. The predicted molar refractivity (Wildman–Crippen MR) is 106 cm³/mol. The van der Waals surface area contributed by atoms with Crippen molar-refractivity contribution in [1.82, 2.24) is 4.98 Å². The summed E-state index contributed by atoms with van der Waals surface area (Å²) in [6.07, 6.45) is 3.09. The van der Waals surface area contributed by atoms with E-state index in [2.05, 4.69) is 15.6 Å². The van der Waals surface area contributed by atoms with Crippen LogP contribution in [0, 0.1) is 0 Å². The van der Waals surface area contributed by atoms with E-state index in [0.717, 1.165) is 6.07 Å². The number of benzene rings is 2. The molecular formula is C20H16F3N3O3S. The van der Waals surface area contributed by atoms with Crippen LogP contribution in [-0.4, -0.2) is 24.8 Å². The molecule has 0 atom stereocenters. The number of amides is 1. The molecule has 1 amide bonds. The van der Waals surface area contributed by atoms with E-state index in [9.17, 15) is 26.4 Å². The second kappa shape index (κ2) is 8.54. The molecule has 0 unspecified atom stereocenters. The Hall–Kier alpha value is -3.40. The standard InChI is InChI=1S/C20H16F3N3O3S/c21-20(22,23)30(28,29)18-4-2-1-3-17(18)25-13-14-5-7-15(8-6-14)19(27)26-16-9-11-24-12-10-16/h1-12,25H,13H2,(H,24,26,27). The minimum Gasteiger partial charge on any atom is -0.380 e. The molecule has 0 fully saturated rings. The molecule has 3 aromatic rings. The SMILES string of the molecule is O=C(Nc1ccncc1)c1ccc(CNc2ccccc2S(=O)(=O)C(F)(F)F)cc1. The largest absolute Gasteiger partial charge is 0.501 e. The van der Waals surface area contributed by atoms with Gasteiger partial charge in [-0.25, -0.2) is 8.42 Å². The van der Waals surface area contributed by atoms with Gasteiger partial charge in [-0.15, -0.1) is 0 Å². The lowest BCUT2D eigenvalue weighted by atomic mass is 10.1. The van der Waals surface area contributed by atoms with E-state index in [1.54, 1.807) is 48.8 Å². The van der Waals surface area contributed by atoms with Gasteiger partial charge in [-0.1, -0.05) is 24.3 Å². The second-order valence-corrected chi connectivity index (χ2v) is 8.10. The summed E-state index contributed by atoms with van der Waals surface area (Å²) in [5, 5.41) is 5.42. The number of para-hydroxylation sites is 1. The molecule has 1 aromatic heterocycles. The first-order valence-corrected chi connectivity index (χ1v) is 10.1. The molecule has 156 valence electrons. The molecule has 1 heterocycles. The van der Waals surface area contributed by atoms with Crippen LogP contribution in [-0.2, 0) is 16.4 Å². The maximum Gasteiger partial charge on any atom is 0.501 e. The molecule has 0 aliphatic carbocycles. The number of halogens is 3. The number of nitrogens with zero attached hydrogens (tertiary/aromatic N) is 1. The van der Waals surface area contributed by atoms with Crippen molar-refractivity contribution in [3.63, 3.8) is 0 Å². The molecule has 0 saturated heterocycles. The number of anilines is 2. The van der Waals surface area contributed by atoms with Gasteiger partial charge in [-0.05, 0) is 42.0 Å². The van der Waals surface area contributed by atoms with E-state index in [1.807, 2.05) is 0 Å². The van der Waals surface area contributed by atoms with Crippen LogP contribution in [0.4, 0.5) is 24.5 Å². The molecule has 6 nitrogen and oxygen atoms in total. The summed E-state index contributed by atoms with van der Waals surface area (Å²) in [5.74, 6) is -0.331. The minimum atomic E-state index is -5.48. The Kier molecular flexibility index (Phi) is 6.06. The van der Waals surface area contributed by atoms with E-state index in [-0.39, 0.29) is 18.1 Å². The van der Waals surface area contributed by atoms with Crippen LogP contribution in [0.1, 0.15) is 15.9 Å². The van der Waals surface area contributed by atoms with Crippen molar-refractivity contribution in [2.45, 2.75) is 16.9 Å². The Balaban J connectivity index is 1.70. The quantitative estimate of drug-likeness (QED) is 0.605. The van der Waals surface area contributed by atoms with Gasteiger partial charge in [-0.3, -0.25) is 9.78 Å². The van der Waals surface area contributed by atoms with E-state index in [4.69, 9.17) is 0 Å². The fourth-order valence-electron chi connectivity index (χ4n) is 2.58. The van der Waals surface area contributed by atoms with E-state index in [0.29, 0.717) is 16.8 Å². The second-order valence-electron chi connectivity index (χ2n) is 6.19. The molecule has 2 N–H and O–H groups in total. The highest BCUT2D eigenvalue weighted by Crippen LogP contribution is 2.34. The van der Waals surface area contributed by atoms with Crippen molar-refractivity contribution in [2.75, 3.05) is 10.6 Å². The van der Waals surface area contributed by atoms with Crippen LogP contribution < -0.4 is 10.6 Å². The third kappa shape index (κ3) is 4.77. The fraction of sp³-hybridized carbons (Fsp3) is 0.100. The Labute approximate surface area is 170 Å². The van der Waals surface area contributed by atoms with Gasteiger partial charge in [0, 0.05) is 30.2 Å². The van der Waals surface area contributed by atoms with Gasteiger partial charge in [0.05, 0.1) is 10.6 Å². The first-order chi connectivity index (χ1) is 14.2. The summed E-state index contributed by atoms with van der Waals surface area (Å²) in [5.41, 5.74) is -3.93. The van der Waals surface area contributed by atoms with Crippen molar-refractivity contribution in [3.8, 4) is 0 Å². The molecule has 0 radical (unpaired) electrons. The average Bonchev–Trinajstić information content (AvgIpc) is 2.72. The first-order valence-electron chi connectivity index (χ1n) is 8.63. The van der Waals surface area contributed by atoms with Gasteiger partial charge in [0.15, 0.2) is 0 Å². The number of nitrogens with one attached hydrogen (secondary N) is 2. The van der Waals surface area contributed by atoms with Crippen LogP contribution in [0.5, 0.6) is 0 Å². The highest BCUT2D eigenvalue weighted by Gasteiger charge is 2.47. The van der Waals surface area contributed by atoms with E-state index < -0.39 is 20.2 Å². The highest BCUT2D eigenvalue weighted by molar-refractivity contribution is 7.92. The number of alkyl halides is 3. The van der Waals surface area contributed by atoms with Crippen molar-refractivity contribution in [3.05, 3.63) is 84.2 Å². The maximum atomic E-state index is 12.9. The monoisotopic (exact) mass is 435 g/mol. The fourth-order valence-corrected chi connectivity index (χ4v) is 3.52. The molecule has 0 spiro atoms. The molecule has 10 heteroatoms. The molecular weight excluding hydrogens is 419 g/mol. The summed E-state index contributed by atoms with van der Waals surface area (Å²) in [7, 11) is -5.48. The molecule has 2 aromatic carbocycles. The maximum absolute atomic E-state index is 12.9. The molecule has 0 aliphatic rings. The van der Waals surface area contributed by atoms with Crippen LogP contribution in [0.25, 0.3) is 0 Å². The Morgan fingerprint density at radius 3 is 2.20 bits per heavy atom. The van der Waals surface area contributed by atoms with Crippen LogP contribution in [0.2, 0.25) is 0 Å². The minimum absolute atomic E-state index is 0.0661. The number of sulfone groups is 1. The summed E-state index contributed by atoms with van der Waals surface area (Å²) in [4.78, 5) is 15.3. The first kappa shape index (κ1) is 21.3. The van der Waals surface area contributed by atoms with Gasteiger partial charge in [0.25, 0.3) is 15.7 Å². The van der Waals surface area contributed by atoms with Crippen LogP contribution >= 0.6 is 0 Å². The topological polar surface area (TPSA) is 88.2 Å². The summed E-state index contributed by atoms with van der Waals surface area (Å²) < 4.78 is 62.1. The van der Waals surface area contributed by atoms with Crippen molar-refractivity contribution < 1.29 is 26.4 Å². The van der Waals surface area contributed by atoms with E-state index in [1.165, 1.54) is 18.2 Å². The summed E-state index contributed by atoms with van der Waals surface area (Å²) >= 11 is 0. The smallest absolute Gasteiger partial charge is 0.380 e. The number of carbonyl (C=O) groups excluding carboxylic acids is 1. The number of hydrogen-bond acceptors (Lipinski definition) is 5. The van der Waals surface area contributed by atoms with Crippen molar-refractivity contribution >= 4 is 27.1 Å². The number of pyridine rings is 1. The van der Waals surface area contributed by atoms with Crippen molar-refractivity contribution in [1.29, 1.82) is 0 Å². The predicted octanol–water partition coefficient (Wildman–Crippen LogP) is 4.24. The van der Waals surface area contributed by atoms with Crippen molar-refractivity contribution in [2.24, 2.45) is 0 Å². The lowest BCUT2D eigenvalue weighted by Crippen LogP contribution is -2.24. The van der Waals surface area contributed by atoms with E-state index >= 15 is 0 Å². The molecule has 0 bridgehead atoms. The van der Waals surface area contributed by atoms with Gasteiger partial charge in [-0.2, -0.15) is 13.2 Å². The Morgan fingerprint density at radius 2 is 1.57 bits per heavy atom. The highest BCUT2D eigenvalue weighted by atomic mass is 32.2. The summed E-state index contributed by atoms with van der Waals surface area (Å²) in [6, 6.07) is 14.5. The van der Waals surface area contributed by atoms with Crippen LogP contribution in [0.15, 0.2) is 78.0 Å². The summed E-state index contributed by atoms with van der Waals surface area (Å²) in [6.45, 7) is 0.0661. The lowest BCUT2D eigenvalue weighted by molar-refractivity contribution is -0.0435. The normalized spacial score (nSPS) is 11.7. The lowest BCUT2D eigenvalue weighted by Gasteiger charge is -2.14. The number of carbonyl (C=O) groups is 1. The number of aromatic nitrogens is 1. The number of rotatable bonds is 6. The third-order valence-electron chi connectivity index (χ3n) is 4.12.